The maximum atomic E-state index is 14.7. The third kappa shape index (κ3) is 4.29. The number of hydrogen-bond donors (Lipinski definition) is 2. The Morgan fingerprint density at radius 1 is 1.13 bits per heavy atom. The van der Waals surface area contributed by atoms with Gasteiger partial charge in [-0.15, -0.1) is 0 Å². The van der Waals surface area contributed by atoms with E-state index in [1.165, 1.54) is 30.5 Å². The number of ether oxygens (including phenoxy) is 1. The first-order valence-electron chi connectivity index (χ1n) is 9.89. The van der Waals surface area contributed by atoms with E-state index < -0.39 is 5.82 Å². The Bertz CT molecular complexity index is 972. The predicted octanol–water partition coefficient (Wildman–Crippen LogP) is 3.14. The van der Waals surface area contributed by atoms with Crippen molar-refractivity contribution in [2.24, 2.45) is 0 Å². The minimum atomic E-state index is -0.422. The molecule has 0 aliphatic carbocycles. The Balaban J connectivity index is 1.43. The molecule has 158 valence electrons. The van der Waals surface area contributed by atoms with Gasteiger partial charge in [-0.05, 0) is 36.4 Å². The van der Waals surface area contributed by atoms with Crippen molar-refractivity contribution in [3.8, 4) is 0 Å². The third-order valence-electron chi connectivity index (χ3n) is 5.42. The monoisotopic (exact) mass is 414 g/mol. The topological polar surface area (TPSA) is 56.8 Å². The molecule has 8 heteroatoms. The zero-order valence-corrected chi connectivity index (χ0v) is 16.8. The molecule has 0 saturated carbocycles. The SMILES string of the molecule is COCCN1CCN(c2ccc(NC=C3C(=O)Nc4ccc(F)cc43)cc2F)CC1. The summed E-state index contributed by atoms with van der Waals surface area (Å²) in [5, 5.41) is 5.64. The highest BCUT2D eigenvalue weighted by Gasteiger charge is 2.24. The minimum absolute atomic E-state index is 0.307. The number of halogens is 2. The molecule has 1 amide bonds. The fourth-order valence-corrected chi connectivity index (χ4v) is 3.74. The van der Waals surface area contributed by atoms with Crippen molar-refractivity contribution in [1.82, 2.24) is 4.90 Å². The van der Waals surface area contributed by atoms with Gasteiger partial charge in [0.1, 0.15) is 11.6 Å². The minimum Gasteiger partial charge on any atom is -0.383 e. The summed E-state index contributed by atoms with van der Waals surface area (Å²) in [6.07, 6.45) is 1.48. The second-order valence-corrected chi connectivity index (χ2v) is 7.33. The zero-order chi connectivity index (χ0) is 21.1. The normalized spacial score (nSPS) is 17.9. The van der Waals surface area contributed by atoms with Crippen LogP contribution in [0.4, 0.5) is 25.8 Å². The van der Waals surface area contributed by atoms with Crippen LogP contribution in [0.25, 0.3) is 5.57 Å². The van der Waals surface area contributed by atoms with Crippen LogP contribution in [0.3, 0.4) is 0 Å². The molecule has 4 rings (SSSR count). The fourth-order valence-electron chi connectivity index (χ4n) is 3.74. The standard InChI is InChI=1S/C22H24F2N4O2/c1-30-11-10-27-6-8-28(9-7-27)21-5-3-16(13-19(21)24)25-14-18-17-12-15(23)2-4-20(17)26-22(18)29/h2-5,12-14,25H,6-11H2,1H3,(H,26,29). The lowest BCUT2D eigenvalue weighted by atomic mass is 10.1. The summed E-state index contributed by atoms with van der Waals surface area (Å²) in [5.41, 5.74) is 2.42. The van der Waals surface area contributed by atoms with Crippen LogP contribution in [0.2, 0.25) is 0 Å². The van der Waals surface area contributed by atoms with Gasteiger partial charge in [-0.3, -0.25) is 9.69 Å². The number of piperazine rings is 1. The van der Waals surface area contributed by atoms with Crippen molar-refractivity contribution >= 4 is 28.5 Å². The molecule has 2 aromatic rings. The van der Waals surface area contributed by atoms with E-state index in [9.17, 15) is 13.6 Å². The van der Waals surface area contributed by atoms with E-state index in [2.05, 4.69) is 15.5 Å². The molecule has 2 N–H and O–H groups in total. The molecule has 2 aliphatic rings. The largest absolute Gasteiger partial charge is 0.383 e. The lowest BCUT2D eigenvalue weighted by Gasteiger charge is -2.36. The number of methoxy groups -OCH3 is 1. The molecule has 1 saturated heterocycles. The first-order chi connectivity index (χ1) is 14.5. The van der Waals surface area contributed by atoms with Gasteiger partial charge in [0.25, 0.3) is 5.91 Å². The average molecular weight is 414 g/mol. The Labute approximate surface area is 174 Å². The number of nitrogens with one attached hydrogen (secondary N) is 2. The van der Waals surface area contributed by atoms with E-state index in [1.54, 1.807) is 19.2 Å². The quantitative estimate of drug-likeness (QED) is 0.712. The first-order valence-corrected chi connectivity index (χ1v) is 9.89. The van der Waals surface area contributed by atoms with Gasteiger partial charge < -0.3 is 20.3 Å². The summed E-state index contributed by atoms with van der Waals surface area (Å²) >= 11 is 0. The molecule has 0 aromatic heterocycles. The van der Waals surface area contributed by atoms with E-state index in [-0.39, 0.29) is 11.7 Å². The summed E-state index contributed by atoms with van der Waals surface area (Å²) in [6.45, 7) is 4.80. The lowest BCUT2D eigenvalue weighted by Crippen LogP contribution is -2.47. The number of nitrogens with zero attached hydrogens (tertiary/aromatic N) is 2. The van der Waals surface area contributed by atoms with Crippen molar-refractivity contribution in [3.63, 3.8) is 0 Å². The van der Waals surface area contributed by atoms with Crippen molar-refractivity contribution in [1.29, 1.82) is 0 Å². The highest BCUT2D eigenvalue weighted by Crippen LogP contribution is 2.32. The van der Waals surface area contributed by atoms with Crippen LogP contribution in [-0.2, 0) is 9.53 Å². The molecule has 0 spiro atoms. The molecule has 2 aromatic carbocycles. The second-order valence-electron chi connectivity index (χ2n) is 7.33. The van der Waals surface area contributed by atoms with Crippen molar-refractivity contribution < 1.29 is 18.3 Å². The number of benzene rings is 2. The molecule has 1 fully saturated rings. The van der Waals surface area contributed by atoms with Gasteiger partial charge in [0, 0.05) is 63.0 Å². The summed E-state index contributed by atoms with van der Waals surface area (Å²) in [5.74, 6) is -1.08. The van der Waals surface area contributed by atoms with Gasteiger partial charge in [-0.1, -0.05) is 0 Å². The van der Waals surface area contributed by atoms with Crippen LogP contribution in [0.15, 0.2) is 42.6 Å². The van der Waals surface area contributed by atoms with Gasteiger partial charge in [0.05, 0.1) is 17.9 Å². The molecular formula is C22H24F2N4O2. The first kappa shape index (κ1) is 20.3. The van der Waals surface area contributed by atoms with Crippen molar-refractivity contribution in [2.45, 2.75) is 0 Å². The molecule has 0 atom stereocenters. The lowest BCUT2D eigenvalue weighted by molar-refractivity contribution is -0.110. The van der Waals surface area contributed by atoms with Crippen LogP contribution in [0, 0.1) is 11.6 Å². The number of hydrogen-bond acceptors (Lipinski definition) is 5. The Morgan fingerprint density at radius 3 is 2.67 bits per heavy atom. The maximum Gasteiger partial charge on any atom is 0.257 e. The molecule has 6 nitrogen and oxygen atoms in total. The molecule has 0 bridgehead atoms. The van der Waals surface area contributed by atoms with E-state index >= 15 is 0 Å². The van der Waals surface area contributed by atoms with Crippen LogP contribution in [-0.4, -0.2) is 57.2 Å². The van der Waals surface area contributed by atoms with Crippen LogP contribution in [0.5, 0.6) is 0 Å². The van der Waals surface area contributed by atoms with E-state index in [0.29, 0.717) is 34.8 Å². The molecule has 2 aliphatic heterocycles. The Kier molecular flexibility index (Phi) is 5.96. The summed E-state index contributed by atoms with van der Waals surface area (Å²) in [4.78, 5) is 16.5. The van der Waals surface area contributed by atoms with E-state index in [0.717, 1.165) is 32.7 Å². The predicted molar refractivity (Wildman–Crippen MR) is 114 cm³/mol. The third-order valence-corrected chi connectivity index (χ3v) is 5.42. The summed E-state index contributed by atoms with van der Waals surface area (Å²) < 4.78 is 33.4. The number of carbonyl (C=O) groups is 1. The van der Waals surface area contributed by atoms with Crippen molar-refractivity contribution in [2.75, 3.05) is 62.0 Å². The molecule has 0 radical (unpaired) electrons. The number of carbonyl (C=O) groups excluding carboxylic acids is 1. The van der Waals surface area contributed by atoms with Crippen LogP contribution >= 0.6 is 0 Å². The van der Waals surface area contributed by atoms with Crippen LogP contribution in [0.1, 0.15) is 5.56 Å². The van der Waals surface area contributed by atoms with Gasteiger partial charge in [-0.25, -0.2) is 8.78 Å². The fraction of sp³-hybridized carbons (Fsp3) is 0.318. The van der Waals surface area contributed by atoms with E-state index in [4.69, 9.17) is 4.74 Å². The van der Waals surface area contributed by atoms with Gasteiger partial charge in [-0.2, -0.15) is 0 Å². The summed E-state index contributed by atoms with van der Waals surface area (Å²) in [6, 6.07) is 9.03. The van der Waals surface area contributed by atoms with Crippen molar-refractivity contribution in [3.05, 3.63) is 59.8 Å². The smallest absolute Gasteiger partial charge is 0.257 e. The number of amides is 1. The van der Waals surface area contributed by atoms with Crippen LogP contribution < -0.4 is 15.5 Å². The molecule has 2 heterocycles. The molecule has 30 heavy (non-hydrogen) atoms. The van der Waals surface area contributed by atoms with E-state index in [1.807, 2.05) is 4.90 Å². The maximum absolute atomic E-state index is 14.7. The number of fused-ring (bicyclic) bond motifs is 1. The second kappa shape index (κ2) is 8.81. The Hall–Kier alpha value is -2.97. The highest BCUT2D eigenvalue weighted by atomic mass is 19.1. The number of anilines is 3. The number of rotatable bonds is 6. The average Bonchev–Trinajstić information content (AvgIpc) is 3.05. The summed E-state index contributed by atoms with van der Waals surface area (Å²) in [7, 11) is 1.69. The molecule has 0 unspecified atom stereocenters. The van der Waals surface area contributed by atoms with Gasteiger partial charge in [0.2, 0.25) is 0 Å². The zero-order valence-electron chi connectivity index (χ0n) is 16.8. The Morgan fingerprint density at radius 2 is 1.93 bits per heavy atom. The van der Waals surface area contributed by atoms with Gasteiger partial charge in [0.15, 0.2) is 0 Å². The van der Waals surface area contributed by atoms with Gasteiger partial charge >= 0.3 is 0 Å². The highest BCUT2D eigenvalue weighted by molar-refractivity contribution is 6.31. The molecular weight excluding hydrogens is 390 g/mol.